The quantitative estimate of drug-likeness (QED) is 0.779. The fourth-order valence-corrected chi connectivity index (χ4v) is 1.97. The van der Waals surface area contributed by atoms with Gasteiger partial charge in [0.15, 0.2) is 11.6 Å². The van der Waals surface area contributed by atoms with Crippen molar-refractivity contribution in [2.75, 3.05) is 0 Å². The summed E-state index contributed by atoms with van der Waals surface area (Å²) in [6.07, 6.45) is 0.395. The molecule has 2 aromatic carbocycles. The first-order valence-corrected chi connectivity index (χ1v) is 6.26. The molecule has 0 amide bonds. The minimum atomic E-state index is 0.0119. The van der Waals surface area contributed by atoms with Gasteiger partial charge in [-0.3, -0.25) is 9.59 Å². The number of aryl methyl sites for hydroxylation is 1. The second kappa shape index (κ2) is 5.61. The van der Waals surface area contributed by atoms with Gasteiger partial charge in [-0.25, -0.2) is 0 Å². The van der Waals surface area contributed by atoms with Gasteiger partial charge in [-0.15, -0.1) is 0 Å². The van der Waals surface area contributed by atoms with E-state index < -0.39 is 0 Å². The Morgan fingerprint density at radius 1 is 0.895 bits per heavy atom. The van der Waals surface area contributed by atoms with Crippen molar-refractivity contribution in [3.63, 3.8) is 0 Å². The van der Waals surface area contributed by atoms with Gasteiger partial charge in [-0.2, -0.15) is 0 Å². The monoisotopic (exact) mass is 252 g/mol. The molecule has 0 N–H and O–H groups in total. The summed E-state index contributed by atoms with van der Waals surface area (Å²) in [6.45, 7) is 3.52. The Bertz CT molecular complexity index is 609. The van der Waals surface area contributed by atoms with Gasteiger partial charge in [-0.05, 0) is 25.0 Å². The molecular weight excluding hydrogens is 236 g/mol. The summed E-state index contributed by atoms with van der Waals surface area (Å²) in [4.78, 5) is 23.3. The Kier molecular flexibility index (Phi) is 3.91. The van der Waals surface area contributed by atoms with Crippen LogP contribution in [0.5, 0.6) is 0 Å². The highest BCUT2D eigenvalue weighted by Crippen LogP contribution is 2.12. The zero-order valence-electron chi connectivity index (χ0n) is 11.1. The maximum absolute atomic E-state index is 12.2. The SMILES string of the molecule is CC(=O)c1ccc(C(=O)Cc2ccccc2C)cc1. The van der Waals surface area contributed by atoms with Crippen molar-refractivity contribution in [1.29, 1.82) is 0 Å². The van der Waals surface area contributed by atoms with Crippen LogP contribution < -0.4 is 0 Å². The van der Waals surface area contributed by atoms with Crippen molar-refractivity contribution in [1.82, 2.24) is 0 Å². The van der Waals surface area contributed by atoms with E-state index in [-0.39, 0.29) is 11.6 Å². The average molecular weight is 252 g/mol. The normalized spacial score (nSPS) is 10.2. The maximum Gasteiger partial charge on any atom is 0.167 e. The zero-order chi connectivity index (χ0) is 13.8. The molecule has 0 unspecified atom stereocenters. The van der Waals surface area contributed by atoms with Crippen LogP contribution in [0.15, 0.2) is 48.5 Å². The Hall–Kier alpha value is -2.22. The van der Waals surface area contributed by atoms with Crippen LogP contribution in [0, 0.1) is 6.92 Å². The second-order valence-electron chi connectivity index (χ2n) is 4.66. The number of carbonyl (C=O) groups excluding carboxylic acids is 2. The van der Waals surface area contributed by atoms with Gasteiger partial charge >= 0.3 is 0 Å². The highest BCUT2D eigenvalue weighted by Gasteiger charge is 2.09. The number of hydrogen-bond donors (Lipinski definition) is 0. The molecule has 0 atom stereocenters. The van der Waals surface area contributed by atoms with Crippen molar-refractivity contribution >= 4 is 11.6 Å². The van der Waals surface area contributed by atoms with Crippen LogP contribution in [0.4, 0.5) is 0 Å². The molecule has 0 saturated carbocycles. The van der Waals surface area contributed by atoms with E-state index in [9.17, 15) is 9.59 Å². The molecule has 0 aliphatic rings. The summed E-state index contributed by atoms with van der Waals surface area (Å²) in [5.74, 6) is 0.0855. The minimum Gasteiger partial charge on any atom is -0.295 e. The first-order chi connectivity index (χ1) is 9.08. The highest BCUT2D eigenvalue weighted by molar-refractivity contribution is 5.99. The Morgan fingerprint density at radius 2 is 1.47 bits per heavy atom. The zero-order valence-corrected chi connectivity index (χ0v) is 11.1. The minimum absolute atomic E-state index is 0.0119. The van der Waals surface area contributed by atoms with E-state index in [0.29, 0.717) is 17.5 Å². The summed E-state index contributed by atoms with van der Waals surface area (Å²) < 4.78 is 0. The summed E-state index contributed by atoms with van der Waals surface area (Å²) in [7, 11) is 0. The summed E-state index contributed by atoms with van der Waals surface area (Å²) in [6, 6.07) is 14.7. The lowest BCUT2D eigenvalue weighted by atomic mass is 9.98. The Morgan fingerprint density at radius 3 is 2.05 bits per heavy atom. The van der Waals surface area contributed by atoms with E-state index in [1.165, 1.54) is 6.92 Å². The summed E-state index contributed by atoms with van der Waals surface area (Å²) >= 11 is 0. The molecule has 0 saturated heterocycles. The molecule has 19 heavy (non-hydrogen) atoms. The van der Waals surface area contributed by atoms with E-state index in [0.717, 1.165) is 11.1 Å². The van der Waals surface area contributed by atoms with Crippen molar-refractivity contribution < 1.29 is 9.59 Å². The van der Waals surface area contributed by atoms with Crippen LogP contribution in [0.3, 0.4) is 0 Å². The molecule has 96 valence electrons. The van der Waals surface area contributed by atoms with Crippen molar-refractivity contribution in [2.45, 2.75) is 20.3 Å². The standard InChI is InChI=1S/C17H16O2/c1-12-5-3-4-6-16(12)11-17(19)15-9-7-14(8-10-15)13(2)18/h3-10H,11H2,1-2H3. The van der Waals surface area contributed by atoms with Crippen LogP contribution in [-0.2, 0) is 6.42 Å². The smallest absolute Gasteiger partial charge is 0.167 e. The van der Waals surface area contributed by atoms with Gasteiger partial charge in [0.25, 0.3) is 0 Å². The number of carbonyl (C=O) groups is 2. The topological polar surface area (TPSA) is 34.1 Å². The van der Waals surface area contributed by atoms with Crippen LogP contribution >= 0.6 is 0 Å². The van der Waals surface area contributed by atoms with Gasteiger partial charge in [0.05, 0.1) is 0 Å². The van der Waals surface area contributed by atoms with Gasteiger partial charge in [-0.1, -0.05) is 48.5 Å². The number of hydrogen-bond acceptors (Lipinski definition) is 2. The molecule has 2 nitrogen and oxygen atoms in total. The molecule has 0 fully saturated rings. The third-order valence-electron chi connectivity index (χ3n) is 3.23. The predicted octanol–water partition coefficient (Wildman–Crippen LogP) is 3.62. The number of rotatable bonds is 4. The number of benzene rings is 2. The third-order valence-corrected chi connectivity index (χ3v) is 3.23. The van der Waals surface area contributed by atoms with Crippen LogP contribution in [0.1, 0.15) is 38.8 Å². The molecule has 0 spiro atoms. The van der Waals surface area contributed by atoms with Crippen LogP contribution in [-0.4, -0.2) is 11.6 Å². The van der Waals surface area contributed by atoms with E-state index in [1.54, 1.807) is 24.3 Å². The molecule has 0 aliphatic heterocycles. The van der Waals surface area contributed by atoms with Crippen molar-refractivity contribution in [3.8, 4) is 0 Å². The fourth-order valence-electron chi connectivity index (χ4n) is 1.97. The molecule has 0 radical (unpaired) electrons. The third kappa shape index (κ3) is 3.16. The average Bonchev–Trinajstić information content (AvgIpc) is 2.41. The molecular formula is C17H16O2. The van der Waals surface area contributed by atoms with E-state index >= 15 is 0 Å². The molecule has 0 bridgehead atoms. The lowest BCUT2D eigenvalue weighted by Gasteiger charge is -2.05. The van der Waals surface area contributed by atoms with Crippen molar-refractivity contribution in [2.24, 2.45) is 0 Å². The molecule has 2 heteroatoms. The summed E-state index contributed by atoms with van der Waals surface area (Å²) in [5, 5.41) is 0. The lowest BCUT2D eigenvalue weighted by Crippen LogP contribution is -2.05. The maximum atomic E-state index is 12.2. The molecule has 0 heterocycles. The van der Waals surface area contributed by atoms with Crippen molar-refractivity contribution in [3.05, 3.63) is 70.8 Å². The molecule has 2 aromatic rings. The Balaban J connectivity index is 2.16. The van der Waals surface area contributed by atoms with Crippen LogP contribution in [0.2, 0.25) is 0 Å². The van der Waals surface area contributed by atoms with E-state index in [2.05, 4.69) is 0 Å². The summed E-state index contributed by atoms with van der Waals surface area (Å²) in [5.41, 5.74) is 3.44. The van der Waals surface area contributed by atoms with E-state index in [1.807, 2.05) is 31.2 Å². The largest absolute Gasteiger partial charge is 0.295 e. The number of ketones is 2. The van der Waals surface area contributed by atoms with Gasteiger partial charge in [0.2, 0.25) is 0 Å². The van der Waals surface area contributed by atoms with Crippen LogP contribution in [0.25, 0.3) is 0 Å². The van der Waals surface area contributed by atoms with Gasteiger partial charge in [0, 0.05) is 17.5 Å². The molecule has 0 aromatic heterocycles. The molecule has 2 rings (SSSR count). The first kappa shape index (κ1) is 13.2. The second-order valence-corrected chi connectivity index (χ2v) is 4.66. The number of Topliss-reactive ketones (excluding diaryl/α,β-unsaturated/α-hetero) is 2. The molecule has 0 aliphatic carbocycles. The first-order valence-electron chi connectivity index (χ1n) is 6.26. The van der Waals surface area contributed by atoms with Gasteiger partial charge < -0.3 is 0 Å². The highest BCUT2D eigenvalue weighted by atomic mass is 16.1. The Labute approximate surface area is 113 Å². The van der Waals surface area contributed by atoms with E-state index in [4.69, 9.17) is 0 Å². The predicted molar refractivity (Wildman–Crippen MR) is 75.7 cm³/mol. The fraction of sp³-hybridized carbons (Fsp3) is 0.176. The lowest BCUT2D eigenvalue weighted by molar-refractivity contribution is 0.0987. The van der Waals surface area contributed by atoms with Gasteiger partial charge in [0.1, 0.15) is 0 Å².